The van der Waals surface area contributed by atoms with E-state index in [-0.39, 0.29) is 18.0 Å². The van der Waals surface area contributed by atoms with Crippen LogP contribution >= 0.6 is 22.7 Å². The summed E-state index contributed by atoms with van der Waals surface area (Å²) in [6.45, 7) is 0. The Morgan fingerprint density at radius 3 is 1.67 bits per heavy atom. The number of fused-ring (bicyclic) bond motifs is 12. The van der Waals surface area contributed by atoms with Crippen molar-refractivity contribution < 1.29 is 0 Å². The zero-order valence-electron chi connectivity index (χ0n) is 58.2. The van der Waals surface area contributed by atoms with Crippen molar-refractivity contribution in [3.63, 3.8) is 0 Å². The molecule has 3 aliphatic carbocycles. The van der Waals surface area contributed by atoms with Crippen molar-refractivity contribution in [2.24, 2.45) is 25.9 Å². The van der Waals surface area contributed by atoms with Crippen LogP contribution in [0.15, 0.2) is 335 Å². The van der Waals surface area contributed by atoms with Gasteiger partial charge in [0.05, 0.1) is 60.8 Å². The Labute approximate surface area is 623 Å². The normalized spacial score (nSPS) is 17.6. The molecule has 504 valence electrons. The van der Waals surface area contributed by atoms with Crippen LogP contribution in [-0.2, 0) is 12.8 Å². The second-order valence-electron chi connectivity index (χ2n) is 28.7. The Morgan fingerprint density at radius 1 is 0.377 bits per heavy atom. The average molecular weight is 1400 g/mol. The number of aromatic nitrogens is 2. The summed E-state index contributed by atoms with van der Waals surface area (Å²) in [6, 6.07) is 109. The molecular weight excluding hydrogens is 1330 g/mol. The van der Waals surface area contributed by atoms with Crippen molar-refractivity contribution in [3.05, 3.63) is 387 Å². The summed E-state index contributed by atoms with van der Waals surface area (Å²) in [5.41, 5.74) is 27.8. The molecule has 0 saturated heterocycles. The van der Waals surface area contributed by atoms with Crippen molar-refractivity contribution in [2.45, 2.75) is 56.5 Å². The second kappa shape index (κ2) is 25.9. The fourth-order valence-electron chi connectivity index (χ4n) is 17.5. The molecule has 6 heterocycles. The molecular formula is C98H70N6S2. The standard InChI is InChI=1S/C98H70N6S2/c1-5-22-64(23-6-1)73-34-18-36-79-81-38-20-42-89(95(81)105-93(73)79)103-87-40-15-14-33-76(87)78-55-53-72(58-92(78)103)98-101-85(68-28-11-4-12-29-68)60-86(102-98)70-31-17-30-69(56-70)63-46-44-61(45-47-63)62-48-50-65(51-49-62)74-35-19-37-80-82-39-21-43-90(96(82)106-94(74)80)104-88-41-16-13-32-75(88)77-54-52-71(57-91(77)104)97-99-83(66-24-7-2-8-25-66)59-84(100-97)67-26-9-3-10-27-67/h1-18,20-33,35-36,38-56,58,71,73,83,85H,19,34,37,57,59-60H2. The quantitative estimate of drug-likeness (QED) is 0.117. The first-order chi connectivity index (χ1) is 52.5. The molecule has 16 aromatic rings. The third-order valence-electron chi connectivity index (χ3n) is 22.6. The largest absolute Gasteiger partial charge is 0.311 e. The summed E-state index contributed by atoms with van der Waals surface area (Å²) in [5, 5.41) is 6.37. The number of allylic oxidation sites excluding steroid dienone is 2. The van der Waals surface area contributed by atoms with Crippen LogP contribution in [-0.4, -0.2) is 32.2 Å². The maximum atomic E-state index is 5.56. The minimum atomic E-state index is -0.108. The first-order valence-electron chi connectivity index (χ1n) is 37.2. The lowest BCUT2D eigenvalue weighted by Gasteiger charge is -2.26. The van der Waals surface area contributed by atoms with Gasteiger partial charge in [0.2, 0.25) is 0 Å². The molecule has 4 unspecified atom stereocenters. The summed E-state index contributed by atoms with van der Waals surface area (Å²) in [4.78, 5) is 24.8. The third kappa shape index (κ3) is 10.7. The molecule has 0 radical (unpaired) electrons. The molecule has 8 heteroatoms. The molecule has 5 aliphatic rings. The van der Waals surface area contributed by atoms with Gasteiger partial charge in [-0.1, -0.05) is 291 Å². The number of hydrogen-bond donors (Lipinski definition) is 0. The molecule has 0 amide bonds. The number of para-hydroxylation sites is 2. The van der Waals surface area contributed by atoms with Gasteiger partial charge in [0.1, 0.15) is 5.84 Å². The van der Waals surface area contributed by atoms with Crippen molar-refractivity contribution >= 4 is 116 Å². The van der Waals surface area contributed by atoms with E-state index in [0.717, 1.165) is 88.5 Å². The lowest BCUT2D eigenvalue weighted by atomic mass is 9.87. The van der Waals surface area contributed by atoms with E-state index in [0.29, 0.717) is 12.3 Å². The highest BCUT2D eigenvalue weighted by Gasteiger charge is 2.33. The maximum Gasteiger partial charge on any atom is 0.155 e. The van der Waals surface area contributed by atoms with Crippen LogP contribution in [0.2, 0.25) is 0 Å². The highest BCUT2D eigenvalue weighted by atomic mass is 32.1. The molecule has 0 saturated carbocycles. The Morgan fingerprint density at radius 2 is 0.934 bits per heavy atom. The van der Waals surface area contributed by atoms with Gasteiger partial charge in [0, 0.05) is 79.2 Å². The molecule has 4 aromatic heterocycles. The first kappa shape index (κ1) is 62.4. The van der Waals surface area contributed by atoms with E-state index in [9.17, 15) is 0 Å². The topological polar surface area (TPSA) is 59.3 Å². The number of benzene rings is 12. The van der Waals surface area contributed by atoms with Gasteiger partial charge in [-0.2, -0.15) is 0 Å². The van der Waals surface area contributed by atoms with Gasteiger partial charge >= 0.3 is 0 Å². The Balaban J connectivity index is 0.571. The van der Waals surface area contributed by atoms with E-state index < -0.39 is 0 Å². The summed E-state index contributed by atoms with van der Waals surface area (Å²) < 4.78 is 7.70. The van der Waals surface area contributed by atoms with Gasteiger partial charge in [0.15, 0.2) is 5.84 Å². The maximum absolute atomic E-state index is 5.56. The van der Waals surface area contributed by atoms with Crippen molar-refractivity contribution in [2.75, 3.05) is 0 Å². The minimum absolute atomic E-state index is 0.00168. The van der Waals surface area contributed by atoms with Gasteiger partial charge in [-0.3, -0.25) is 9.98 Å². The predicted octanol–water partition coefficient (Wildman–Crippen LogP) is 25.0. The number of thiophene rings is 2. The summed E-state index contributed by atoms with van der Waals surface area (Å²) in [5.74, 6) is 1.99. The molecule has 12 aromatic carbocycles. The Kier molecular flexibility index (Phi) is 15.2. The molecule has 0 spiro atoms. The molecule has 0 N–H and O–H groups in total. The molecule has 0 bridgehead atoms. The van der Waals surface area contributed by atoms with Crippen LogP contribution in [0.3, 0.4) is 0 Å². The van der Waals surface area contributed by atoms with E-state index >= 15 is 0 Å². The molecule has 2 aliphatic heterocycles. The molecule has 0 fully saturated rings. The Hall–Kier alpha value is -12.2. The van der Waals surface area contributed by atoms with Gasteiger partial charge in [0.25, 0.3) is 0 Å². The zero-order valence-corrected chi connectivity index (χ0v) is 59.9. The summed E-state index contributed by atoms with van der Waals surface area (Å²) >= 11 is 3.91. The zero-order chi connectivity index (χ0) is 69.8. The summed E-state index contributed by atoms with van der Waals surface area (Å²) in [7, 11) is 0. The van der Waals surface area contributed by atoms with Crippen LogP contribution in [0.5, 0.6) is 0 Å². The number of hydrogen-bond acceptors (Lipinski definition) is 6. The SMILES string of the molecule is C1=Cc2c(sc3c(-n4c5ccccc5c5ccc(C6=NC(c7ccccc7)CC(c7cccc(-c8ccc(-c9ccc(C%10=CCCc%11c%10sc%10c(-n%12c%13c(c%14ccccc%14%12)C=CC(C%12=NC(c%14ccccc%14)CC(c%14ccccc%14)=N%12)C%13)cccc%11%10)cc9)cc8)c7)=N6)cc54)cccc23)C(c2ccccc2)C1. The number of amidine groups is 2. The second-order valence-corrected chi connectivity index (χ2v) is 30.8. The number of rotatable bonds is 12. The van der Waals surface area contributed by atoms with Crippen LogP contribution in [0, 0.1) is 5.92 Å². The van der Waals surface area contributed by atoms with Gasteiger partial charge in [-0.25, -0.2) is 9.98 Å². The number of nitrogens with zero attached hydrogens (tertiary/aromatic N) is 6. The third-order valence-corrected chi connectivity index (χ3v) is 25.3. The average Bonchev–Trinajstić information content (AvgIpc) is 1.57. The molecule has 6 nitrogen and oxygen atoms in total. The van der Waals surface area contributed by atoms with Crippen LogP contribution in [0.4, 0.5) is 0 Å². The van der Waals surface area contributed by atoms with E-state index in [1.54, 1.807) is 0 Å². The van der Waals surface area contributed by atoms with Crippen LogP contribution in [0.25, 0.3) is 104 Å². The van der Waals surface area contributed by atoms with E-state index in [1.807, 2.05) is 22.7 Å². The molecule has 4 atom stereocenters. The fourth-order valence-corrected chi connectivity index (χ4v) is 20.3. The fraction of sp³-hybridized carbons (Fsp3) is 0.102. The monoisotopic (exact) mass is 1390 g/mol. The van der Waals surface area contributed by atoms with E-state index in [1.165, 1.54) is 130 Å². The number of aliphatic imine (C=N–C) groups is 4. The van der Waals surface area contributed by atoms with E-state index in [4.69, 9.17) is 20.0 Å². The lowest BCUT2D eigenvalue weighted by molar-refractivity contribution is 0.713. The predicted molar refractivity (Wildman–Crippen MR) is 447 cm³/mol. The van der Waals surface area contributed by atoms with Gasteiger partial charge in [-0.05, 0) is 133 Å². The highest BCUT2D eigenvalue weighted by Crippen LogP contribution is 2.50. The first-order valence-corrected chi connectivity index (χ1v) is 38.8. The van der Waals surface area contributed by atoms with Crippen LogP contribution < -0.4 is 0 Å². The van der Waals surface area contributed by atoms with Gasteiger partial charge in [-0.15, -0.1) is 22.7 Å². The summed E-state index contributed by atoms with van der Waals surface area (Å²) in [6.07, 6.45) is 17.2. The van der Waals surface area contributed by atoms with Crippen molar-refractivity contribution in [3.8, 4) is 33.6 Å². The lowest BCUT2D eigenvalue weighted by Crippen LogP contribution is -2.24. The van der Waals surface area contributed by atoms with Crippen LogP contribution in [0.1, 0.15) is 115 Å². The highest BCUT2D eigenvalue weighted by molar-refractivity contribution is 7.21. The molecule has 21 rings (SSSR count). The van der Waals surface area contributed by atoms with Crippen molar-refractivity contribution in [1.82, 2.24) is 9.13 Å². The minimum Gasteiger partial charge on any atom is -0.311 e. The smallest absolute Gasteiger partial charge is 0.155 e. The van der Waals surface area contributed by atoms with Crippen molar-refractivity contribution in [1.29, 1.82) is 0 Å². The van der Waals surface area contributed by atoms with E-state index in [2.05, 4.69) is 337 Å². The molecule has 106 heavy (non-hydrogen) atoms. The van der Waals surface area contributed by atoms with Gasteiger partial charge < -0.3 is 9.13 Å². The Bertz CT molecular complexity index is 6440. The number of aryl methyl sites for hydroxylation is 1.